The molecule has 27 heavy (non-hydrogen) atoms. The third-order valence-electron chi connectivity index (χ3n) is 4.80. The summed E-state index contributed by atoms with van der Waals surface area (Å²) >= 11 is 0. The molecule has 6 heteroatoms. The lowest BCUT2D eigenvalue weighted by molar-refractivity contribution is -0.129. The van der Waals surface area contributed by atoms with Gasteiger partial charge in [-0.25, -0.2) is 4.98 Å². The predicted octanol–water partition coefficient (Wildman–Crippen LogP) is 2.97. The van der Waals surface area contributed by atoms with Gasteiger partial charge in [0.05, 0.1) is 18.1 Å². The van der Waals surface area contributed by atoms with Gasteiger partial charge in [-0.3, -0.25) is 4.79 Å². The highest BCUT2D eigenvalue weighted by Crippen LogP contribution is 2.20. The van der Waals surface area contributed by atoms with Crippen molar-refractivity contribution in [2.75, 3.05) is 13.7 Å². The van der Waals surface area contributed by atoms with Crippen molar-refractivity contribution in [3.63, 3.8) is 0 Å². The van der Waals surface area contributed by atoms with E-state index in [0.29, 0.717) is 17.9 Å². The van der Waals surface area contributed by atoms with Crippen LogP contribution in [0, 0.1) is 13.8 Å². The number of H-pyrrole nitrogens is 1. The van der Waals surface area contributed by atoms with Crippen LogP contribution in [0.25, 0.3) is 11.0 Å². The van der Waals surface area contributed by atoms with Crippen molar-refractivity contribution in [2.24, 2.45) is 0 Å². The van der Waals surface area contributed by atoms with E-state index in [1.54, 1.807) is 31.4 Å². The highest BCUT2D eigenvalue weighted by molar-refractivity contribution is 5.82. The Balaban J connectivity index is 1.50. The molecule has 3 rings (SSSR count). The molecule has 0 saturated carbocycles. The second-order valence-corrected chi connectivity index (χ2v) is 6.66. The van der Waals surface area contributed by atoms with Crippen LogP contribution in [-0.4, -0.2) is 34.6 Å². The molecule has 0 aliphatic heterocycles. The molecule has 3 N–H and O–H groups in total. The number of hydrogen-bond donors (Lipinski definition) is 3. The molecule has 0 fully saturated rings. The summed E-state index contributed by atoms with van der Waals surface area (Å²) in [6.45, 7) is 4.62. The second-order valence-electron chi connectivity index (χ2n) is 6.66. The van der Waals surface area contributed by atoms with Gasteiger partial charge in [-0.15, -0.1) is 0 Å². The van der Waals surface area contributed by atoms with Gasteiger partial charge in [0.25, 0.3) is 5.91 Å². The summed E-state index contributed by atoms with van der Waals surface area (Å²) in [6, 6.07) is 10.9. The third kappa shape index (κ3) is 4.28. The van der Waals surface area contributed by atoms with Crippen molar-refractivity contribution in [3.8, 4) is 5.75 Å². The van der Waals surface area contributed by atoms with Crippen molar-refractivity contribution in [2.45, 2.75) is 32.8 Å². The number of methoxy groups -OCH3 is 1. The van der Waals surface area contributed by atoms with E-state index in [1.807, 2.05) is 6.07 Å². The van der Waals surface area contributed by atoms with Crippen molar-refractivity contribution < 1.29 is 14.6 Å². The summed E-state index contributed by atoms with van der Waals surface area (Å²) in [5.41, 5.74) is 4.98. The summed E-state index contributed by atoms with van der Waals surface area (Å²) in [7, 11) is 1.57. The first kappa shape index (κ1) is 18.9. The Labute approximate surface area is 158 Å². The van der Waals surface area contributed by atoms with Crippen LogP contribution in [0.2, 0.25) is 0 Å². The minimum absolute atomic E-state index is 0.406. The number of aliphatic hydroxyl groups excluding tert-OH is 1. The largest absolute Gasteiger partial charge is 0.497 e. The van der Waals surface area contributed by atoms with Crippen LogP contribution in [0.3, 0.4) is 0 Å². The van der Waals surface area contributed by atoms with E-state index >= 15 is 0 Å². The van der Waals surface area contributed by atoms with Gasteiger partial charge < -0.3 is 20.1 Å². The summed E-state index contributed by atoms with van der Waals surface area (Å²) in [5.74, 6) is 1.18. The van der Waals surface area contributed by atoms with Crippen molar-refractivity contribution in [3.05, 3.63) is 58.9 Å². The molecule has 2 aromatic carbocycles. The SMILES string of the molecule is COc1ccc([C@H](O)C(=O)NCCCc2nc3c(C)c(C)ccc3[nH]2)cc1. The Morgan fingerprint density at radius 3 is 2.67 bits per heavy atom. The van der Waals surface area contributed by atoms with Crippen molar-refractivity contribution >= 4 is 16.9 Å². The molecule has 0 spiro atoms. The van der Waals surface area contributed by atoms with Gasteiger partial charge in [0, 0.05) is 13.0 Å². The monoisotopic (exact) mass is 367 g/mol. The van der Waals surface area contributed by atoms with E-state index in [1.165, 1.54) is 11.1 Å². The number of rotatable bonds is 7. The summed E-state index contributed by atoms with van der Waals surface area (Å²) in [5, 5.41) is 12.9. The lowest BCUT2D eigenvalue weighted by Crippen LogP contribution is -2.30. The molecule has 0 bridgehead atoms. The number of aromatic nitrogens is 2. The summed E-state index contributed by atoms with van der Waals surface area (Å²) in [6.07, 6.45) is 0.276. The molecule has 0 unspecified atom stereocenters. The molecular weight excluding hydrogens is 342 g/mol. The van der Waals surface area contributed by atoms with E-state index in [4.69, 9.17) is 4.74 Å². The normalized spacial score (nSPS) is 12.1. The number of aryl methyl sites for hydroxylation is 3. The molecule has 6 nitrogen and oxygen atoms in total. The number of carbonyl (C=O) groups excluding carboxylic acids is 1. The first-order chi connectivity index (χ1) is 13.0. The topological polar surface area (TPSA) is 87.2 Å². The van der Waals surface area contributed by atoms with Gasteiger partial charge in [-0.1, -0.05) is 18.2 Å². The number of aliphatic hydroxyl groups is 1. The van der Waals surface area contributed by atoms with Crippen LogP contribution in [-0.2, 0) is 11.2 Å². The smallest absolute Gasteiger partial charge is 0.253 e. The fourth-order valence-corrected chi connectivity index (χ4v) is 2.98. The zero-order chi connectivity index (χ0) is 19.4. The number of hydrogen-bond acceptors (Lipinski definition) is 4. The number of benzene rings is 2. The molecule has 1 heterocycles. The van der Waals surface area contributed by atoms with Gasteiger partial charge in [-0.2, -0.15) is 0 Å². The minimum atomic E-state index is -1.19. The molecule has 142 valence electrons. The molecule has 0 saturated heterocycles. The minimum Gasteiger partial charge on any atom is -0.497 e. The average Bonchev–Trinajstić information content (AvgIpc) is 3.11. The van der Waals surface area contributed by atoms with Crippen LogP contribution in [0.1, 0.15) is 35.0 Å². The number of amides is 1. The second kappa shape index (κ2) is 8.22. The predicted molar refractivity (Wildman–Crippen MR) is 105 cm³/mol. The number of aromatic amines is 1. The Kier molecular flexibility index (Phi) is 5.76. The van der Waals surface area contributed by atoms with Crippen LogP contribution < -0.4 is 10.1 Å². The molecule has 1 amide bonds. The average molecular weight is 367 g/mol. The summed E-state index contributed by atoms with van der Waals surface area (Å²) < 4.78 is 5.08. The Morgan fingerprint density at radius 1 is 1.22 bits per heavy atom. The van der Waals surface area contributed by atoms with E-state index in [9.17, 15) is 9.90 Å². The Hall–Kier alpha value is -2.86. The Bertz CT molecular complexity index is 932. The summed E-state index contributed by atoms with van der Waals surface area (Å²) in [4.78, 5) is 20.1. The number of carbonyl (C=O) groups is 1. The molecule has 1 atom stereocenters. The fraction of sp³-hybridized carbons (Fsp3) is 0.333. The molecule has 1 aromatic heterocycles. The molecular formula is C21H25N3O3. The number of imidazole rings is 1. The quantitative estimate of drug-likeness (QED) is 0.560. The van der Waals surface area contributed by atoms with Crippen LogP contribution >= 0.6 is 0 Å². The van der Waals surface area contributed by atoms with Gasteiger partial charge >= 0.3 is 0 Å². The van der Waals surface area contributed by atoms with Gasteiger partial charge in [0.1, 0.15) is 11.6 Å². The number of ether oxygens (including phenoxy) is 1. The maximum absolute atomic E-state index is 12.1. The van der Waals surface area contributed by atoms with Crippen LogP contribution in [0.15, 0.2) is 36.4 Å². The standard InChI is InChI=1S/C21H25N3O3/c1-13-6-11-17-19(14(13)2)24-18(23-17)5-4-12-22-21(26)20(25)15-7-9-16(27-3)10-8-15/h6-11,20,25H,4-5,12H2,1-3H3,(H,22,26)(H,23,24)/t20-/m0/s1. The lowest BCUT2D eigenvalue weighted by Gasteiger charge is -2.12. The molecule has 0 aliphatic rings. The lowest BCUT2D eigenvalue weighted by atomic mass is 10.1. The first-order valence-electron chi connectivity index (χ1n) is 9.04. The first-order valence-corrected chi connectivity index (χ1v) is 9.04. The third-order valence-corrected chi connectivity index (χ3v) is 4.80. The number of nitrogens with one attached hydrogen (secondary N) is 2. The molecule has 3 aromatic rings. The fourth-order valence-electron chi connectivity index (χ4n) is 2.98. The van der Waals surface area contributed by atoms with E-state index in [2.05, 4.69) is 35.2 Å². The van der Waals surface area contributed by atoms with Crippen molar-refractivity contribution in [1.82, 2.24) is 15.3 Å². The zero-order valence-electron chi connectivity index (χ0n) is 15.9. The van der Waals surface area contributed by atoms with E-state index in [0.717, 1.165) is 29.7 Å². The Morgan fingerprint density at radius 2 is 1.96 bits per heavy atom. The molecule has 0 radical (unpaired) electrons. The number of nitrogens with zero attached hydrogens (tertiary/aromatic N) is 1. The van der Waals surface area contributed by atoms with Crippen molar-refractivity contribution in [1.29, 1.82) is 0 Å². The maximum atomic E-state index is 12.1. The highest BCUT2D eigenvalue weighted by Gasteiger charge is 2.16. The van der Waals surface area contributed by atoms with Gasteiger partial charge in [-0.05, 0) is 55.2 Å². The van der Waals surface area contributed by atoms with E-state index < -0.39 is 12.0 Å². The maximum Gasteiger partial charge on any atom is 0.253 e. The zero-order valence-corrected chi connectivity index (χ0v) is 15.9. The van der Waals surface area contributed by atoms with Gasteiger partial charge in [0.15, 0.2) is 6.10 Å². The van der Waals surface area contributed by atoms with Gasteiger partial charge in [0.2, 0.25) is 0 Å². The van der Waals surface area contributed by atoms with Crippen LogP contribution in [0.4, 0.5) is 0 Å². The highest BCUT2D eigenvalue weighted by atomic mass is 16.5. The number of fused-ring (bicyclic) bond motifs is 1. The van der Waals surface area contributed by atoms with E-state index in [-0.39, 0.29) is 0 Å². The molecule has 0 aliphatic carbocycles. The van der Waals surface area contributed by atoms with Crippen LogP contribution in [0.5, 0.6) is 5.75 Å².